The number of carboxylic acid groups (broad SMARTS) is 1. The second-order valence-electron chi connectivity index (χ2n) is 3.80. The third-order valence-electron chi connectivity index (χ3n) is 2.65. The van der Waals surface area contributed by atoms with Crippen molar-refractivity contribution in [3.8, 4) is 0 Å². The molecule has 1 aliphatic rings. The lowest BCUT2D eigenvalue weighted by Gasteiger charge is -2.29. The number of amides is 1. The summed E-state index contributed by atoms with van der Waals surface area (Å²) < 4.78 is 5.26. The molecule has 1 amide bonds. The van der Waals surface area contributed by atoms with E-state index >= 15 is 0 Å². The zero-order valence-electron chi connectivity index (χ0n) is 9.35. The lowest BCUT2D eigenvalue weighted by Crippen LogP contribution is -2.36. The number of nitrogens with zero attached hydrogens (tertiary/aromatic N) is 1. The molecule has 0 aromatic heterocycles. The Morgan fingerprint density at radius 3 is 2.76 bits per heavy atom. The molecule has 92 valence electrons. The minimum atomic E-state index is -1.11. The topological polar surface area (TPSA) is 87.8 Å². The van der Waals surface area contributed by atoms with Crippen molar-refractivity contribution in [1.29, 1.82) is 0 Å². The van der Waals surface area contributed by atoms with E-state index in [9.17, 15) is 4.79 Å². The van der Waals surface area contributed by atoms with Crippen LogP contribution in [0, 0.1) is 0 Å². The van der Waals surface area contributed by atoms with Crippen LogP contribution in [0.5, 0.6) is 0 Å². The molecule has 0 spiro atoms. The summed E-state index contributed by atoms with van der Waals surface area (Å²) in [6, 6.07) is 5.33. The van der Waals surface area contributed by atoms with Gasteiger partial charge in [-0.05, 0) is 18.2 Å². The van der Waals surface area contributed by atoms with Crippen molar-refractivity contribution in [1.82, 2.24) is 0 Å². The largest absolute Gasteiger partial charge is 0.465 e. The van der Waals surface area contributed by atoms with E-state index in [2.05, 4.69) is 10.2 Å². The Bertz CT molecular complexity index is 416. The highest BCUT2D eigenvalue weighted by atomic mass is 16.5. The average Bonchev–Trinajstić information content (AvgIpc) is 2.32. The molecule has 0 saturated carbocycles. The number of nitrogens with two attached hydrogens (primary N) is 1. The Labute approximate surface area is 99.0 Å². The Balaban J connectivity index is 2.20. The summed E-state index contributed by atoms with van der Waals surface area (Å²) in [4.78, 5) is 12.7. The molecule has 0 unspecified atom stereocenters. The SMILES string of the molecule is Nc1ccc(N2CCOCC2)cc1NC(=O)O. The van der Waals surface area contributed by atoms with Crippen molar-refractivity contribution in [3.05, 3.63) is 18.2 Å². The van der Waals surface area contributed by atoms with E-state index in [0.717, 1.165) is 18.8 Å². The van der Waals surface area contributed by atoms with Gasteiger partial charge in [0.2, 0.25) is 0 Å². The maximum Gasteiger partial charge on any atom is 0.409 e. The van der Waals surface area contributed by atoms with Gasteiger partial charge in [-0.1, -0.05) is 0 Å². The molecule has 1 aliphatic heterocycles. The highest BCUT2D eigenvalue weighted by Crippen LogP contribution is 2.26. The van der Waals surface area contributed by atoms with Gasteiger partial charge in [0, 0.05) is 18.8 Å². The molecule has 1 heterocycles. The molecule has 4 N–H and O–H groups in total. The lowest BCUT2D eigenvalue weighted by molar-refractivity contribution is 0.122. The van der Waals surface area contributed by atoms with Crippen LogP contribution in [0.3, 0.4) is 0 Å². The predicted octanol–water partition coefficient (Wildman–Crippen LogP) is 1.20. The van der Waals surface area contributed by atoms with E-state index < -0.39 is 6.09 Å². The Hall–Kier alpha value is -1.95. The molecule has 0 atom stereocenters. The molecule has 2 rings (SSSR count). The van der Waals surface area contributed by atoms with Crippen LogP contribution in [-0.4, -0.2) is 37.5 Å². The van der Waals surface area contributed by atoms with Gasteiger partial charge in [-0.25, -0.2) is 4.79 Å². The van der Waals surface area contributed by atoms with Gasteiger partial charge in [-0.2, -0.15) is 0 Å². The Morgan fingerprint density at radius 1 is 1.41 bits per heavy atom. The third kappa shape index (κ3) is 2.79. The molecule has 6 nitrogen and oxygen atoms in total. The second kappa shape index (κ2) is 4.92. The van der Waals surface area contributed by atoms with Gasteiger partial charge in [-0.3, -0.25) is 5.32 Å². The molecule has 1 fully saturated rings. The Morgan fingerprint density at radius 2 is 2.12 bits per heavy atom. The lowest BCUT2D eigenvalue weighted by atomic mass is 10.2. The van der Waals surface area contributed by atoms with E-state index in [1.165, 1.54) is 0 Å². The molecule has 1 aromatic carbocycles. The molecule has 17 heavy (non-hydrogen) atoms. The second-order valence-corrected chi connectivity index (χ2v) is 3.80. The molecule has 0 aliphatic carbocycles. The smallest absolute Gasteiger partial charge is 0.409 e. The minimum absolute atomic E-state index is 0.418. The fraction of sp³-hybridized carbons (Fsp3) is 0.364. The molecule has 6 heteroatoms. The van der Waals surface area contributed by atoms with Gasteiger partial charge in [0.1, 0.15) is 0 Å². The van der Waals surface area contributed by atoms with Crippen LogP contribution in [0.1, 0.15) is 0 Å². The summed E-state index contributed by atoms with van der Waals surface area (Å²) in [6.07, 6.45) is -1.11. The van der Waals surface area contributed by atoms with Crippen molar-refractivity contribution in [3.63, 3.8) is 0 Å². The fourth-order valence-corrected chi connectivity index (χ4v) is 1.79. The van der Waals surface area contributed by atoms with E-state index in [1.807, 2.05) is 6.07 Å². The van der Waals surface area contributed by atoms with Gasteiger partial charge in [0.25, 0.3) is 0 Å². The first kappa shape index (κ1) is 11.5. The highest BCUT2D eigenvalue weighted by molar-refractivity contribution is 5.89. The highest BCUT2D eigenvalue weighted by Gasteiger charge is 2.13. The monoisotopic (exact) mass is 237 g/mol. The van der Waals surface area contributed by atoms with Gasteiger partial charge in [0.15, 0.2) is 0 Å². The number of nitrogen functional groups attached to an aromatic ring is 1. The zero-order valence-corrected chi connectivity index (χ0v) is 9.35. The summed E-state index contributed by atoms with van der Waals surface area (Å²) in [6.45, 7) is 2.98. The van der Waals surface area contributed by atoms with Gasteiger partial charge >= 0.3 is 6.09 Å². The van der Waals surface area contributed by atoms with Crippen molar-refractivity contribution in [2.24, 2.45) is 0 Å². The first-order valence-corrected chi connectivity index (χ1v) is 5.39. The molecule has 0 radical (unpaired) electrons. The van der Waals surface area contributed by atoms with Crippen LogP contribution in [0.4, 0.5) is 21.9 Å². The van der Waals surface area contributed by atoms with Crippen LogP contribution in [0.2, 0.25) is 0 Å². The van der Waals surface area contributed by atoms with E-state index in [4.69, 9.17) is 15.6 Å². The quantitative estimate of drug-likeness (QED) is 0.672. The van der Waals surface area contributed by atoms with Gasteiger partial charge < -0.3 is 20.5 Å². The minimum Gasteiger partial charge on any atom is -0.465 e. The number of anilines is 3. The standard InChI is InChI=1S/C11H15N3O3/c12-9-2-1-8(7-10(9)13-11(15)16)14-3-5-17-6-4-14/h1-2,7,13H,3-6,12H2,(H,15,16). The average molecular weight is 237 g/mol. The zero-order chi connectivity index (χ0) is 12.3. The molecular weight excluding hydrogens is 222 g/mol. The molecule has 1 aromatic rings. The summed E-state index contributed by atoms with van der Waals surface area (Å²) in [5.41, 5.74) is 7.49. The maximum atomic E-state index is 10.6. The molecule has 0 bridgehead atoms. The summed E-state index contributed by atoms with van der Waals surface area (Å²) in [7, 11) is 0. The van der Waals surface area contributed by atoms with Crippen molar-refractivity contribution in [2.75, 3.05) is 42.3 Å². The normalized spacial score (nSPS) is 15.6. The third-order valence-corrected chi connectivity index (χ3v) is 2.65. The van der Waals surface area contributed by atoms with Gasteiger partial charge in [-0.15, -0.1) is 0 Å². The van der Waals surface area contributed by atoms with Crippen molar-refractivity contribution in [2.45, 2.75) is 0 Å². The number of nitrogens with one attached hydrogen (secondary N) is 1. The number of morpholine rings is 1. The number of rotatable bonds is 2. The van der Waals surface area contributed by atoms with Crippen LogP contribution in [-0.2, 0) is 4.74 Å². The number of ether oxygens (including phenoxy) is 1. The van der Waals surface area contributed by atoms with Gasteiger partial charge in [0.05, 0.1) is 24.6 Å². The molecular formula is C11H15N3O3. The van der Waals surface area contributed by atoms with E-state index in [0.29, 0.717) is 24.6 Å². The predicted molar refractivity (Wildman–Crippen MR) is 65.5 cm³/mol. The first-order valence-electron chi connectivity index (χ1n) is 5.39. The van der Waals surface area contributed by atoms with E-state index in [1.54, 1.807) is 12.1 Å². The number of benzene rings is 1. The maximum absolute atomic E-state index is 10.6. The van der Waals surface area contributed by atoms with E-state index in [-0.39, 0.29) is 0 Å². The van der Waals surface area contributed by atoms with Crippen LogP contribution < -0.4 is 16.0 Å². The summed E-state index contributed by atoms with van der Waals surface area (Å²) >= 11 is 0. The van der Waals surface area contributed by atoms with Crippen LogP contribution >= 0.6 is 0 Å². The number of hydrogen-bond acceptors (Lipinski definition) is 4. The van der Waals surface area contributed by atoms with Crippen LogP contribution in [0.15, 0.2) is 18.2 Å². The van der Waals surface area contributed by atoms with Crippen molar-refractivity contribution < 1.29 is 14.6 Å². The number of carbonyl (C=O) groups is 1. The molecule has 1 saturated heterocycles. The van der Waals surface area contributed by atoms with Crippen molar-refractivity contribution >= 4 is 23.2 Å². The summed E-state index contributed by atoms with van der Waals surface area (Å²) in [5.74, 6) is 0. The van der Waals surface area contributed by atoms with Crippen LogP contribution in [0.25, 0.3) is 0 Å². The fourth-order valence-electron chi connectivity index (χ4n) is 1.79. The number of hydrogen-bond donors (Lipinski definition) is 3. The first-order chi connectivity index (χ1) is 8.16. The Kier molecular flexibility index (Phi) is 3.34. The summed E-state index contributed by atoms with van der Waals surface area (Å²) in [5, 5.41) is 11.0.